The normalized spacial score (nSPS) is 11.3. The van der Waals surface area contributed by atoms with E-state index in [4.69, 9.17) is 11.6 Å². The number of nitrogens with zero attached hydrogens (tertiary/aromatic N) is 1. The van der Waals surface area contributed by atoms with Gasteiger partial charge in [0.25, 0.3) is 0 Å². The van der Waals surface area contributed by atoms with E-state index in [9.17, 15) is 19.1 Å². The van der Waals surface area contributed by atoms with Crippen LogP contribution in [0, 0.1) is 5.82 Å². The molecule has 1 aromatic carbocycles. The number of anilines is 1. The maximum atomic E-state index is 14.5. The van der Waals surface area contributed by atoms with Crippen molar-refractivity contribution in [2.75, 3.05) is 5.32 Å². The van der Waals surface area contributed by atoms with Crippen molar-refractivity contribution in [3.05, 3.63) is 40.8 Å². The molecule has 2 rings (SSSR count). The van der Waals surface area contributed by atoms with Crippen molar-refractivity contribution in [2.45, 2.75) is 26.6 Å². The van der Waals surface area contributed by atoms with Crippen LogP contribution in [0.3, 0.4) is 0 Å². The molecule has 0 bridgehead atoms. The number of halogens is 2. The zero-order valence-electron chi connectivity index (χ0n) is 14.3. The summed E-state index contributed by atoms with van der Waals surface area (Å²) in [5.74, 6) is -2.10. The summed E-state index contributed by atoms with van der Waals surface area (Å²) in [7, 11) is -1.84. The first-order valence-electron chi connectivity index (χ1n) is 7.52. The second-order valence-corrected chi connectivity index (χ2v) is 12.1. The van der Waals surface area contributed by atoms with E-state index >= 15 is 0 Å². The number of carbonyl (C=O) groups excluding carboxylic acids is 1. The molecule has 0 atom stereocenters. The molecule has 8 heteroatoms. The predicted molar refractivity (Wildman–Crippen MR) is 98.9 cm³/mol. The van der Waals surface area contributed by atoms with Crippen molar-refractivity contribution >= 4 is 42.4 Å². The summed E-state index contributed by atoms with van der Waals surface area (Å²) < 4.78 is 14.5. The van der Waals surface area contributed by atoms with Crippen molar-refractivity contribution in [3.63, 3.8) is 0 Å². The van der Waals surface area contributed by atoms with Crippen LogP contribution in [0.4, 0.5) is 10.1 Å². The fraction of sp³-hybridized carbons (Fsp3) is 0.235. The first-order chi connectivity index (χ1) is 11.5. The molecule has 2 N–H and O–H groups in total. The number of carboxylic acids is 1. The highest BCUT2D eigenvalue weighted by atomic mass is 35.5. The zero-order valence-corrected chi connectivity index (χ0v) is 16.0. The number of aromatic nitrogens is 1. The summed E-state index contributed by atoms with van der Waals surface area (Å²) in [6, 6.07) is 6.15. The Morgan fingerprint density at radius 1 is 1.24 bits per heavy atom. The molecule has 132 valence electrons. The number of pyridine rings is 1. The number of hydrogen-bond donors (Lipinski definition) is 2. The van der Waals surface area contributed by atoms with Gasteiger partial charge in [0, 0.05) is 12.5 Å². The van der Waals surface area contributed by atoms with Gasteiger partial charge in [-0.1, -0.05) is 43.4 Å². The molecule has 5 nitrogen and oxygen atoms in total. The maximum absolute atomic E-state index is 14.5. The number of carbonyl (C=O) groups is 2. The van der Waals surface area contributed by atoms with Crippen LogP contribution in [-0.2, 0) is 4.79 Å². The number of rotatable bonds is 4. The second-order valence-electron chi connectivity index (χ2n) is 6.65. The van der Waals surface area contributed by atoms with Gasteiger partial charge in [-0.3, -0.25) is 4.79 Å². The minimum Gasteiger partial charge on any atom is -0.476 e. The molecule has 2 aromatic rings. The first-order valence-corrected chi connectivity index (χ1v) is 11.4. The summed E-state index contributed by atoms with van der Waals surface area (Å²) in [6.45, 7) is 7.37. The quantitative estimate of drug-likeness (QED) is 0.792. The van der Waals surface area contributed by atoms with Gasteiger partial charge in [0.15, 0.2) is 5.69 Å². The molecule has 1 aromatic heterocycles. The minimum absolute atomic E-state index is 0.117. The predicted octanol–water partition coefficient (Wildman–Crippen LogP) is 3.74. The Kier molecular flexibility index (Phi) is 5.29. The van der Waals surface area contributed by atoms with Crippen molar-refractivity contribution < 1.29 is 19.1 Å². The monoisotopic (exact) mass is 380 g/mol. The number of carboxylic acid groups (broad SMARTS) is 1. The lowest BCUT2D eigenvalue weighted by Crippen LogP contribution is -2.39. The highest BCUT2D eigenvalue weighted by molar-refractivity contribution is 6.88. The van der Waals surface area contributed by atoms with Gasteiger partial charge >= 0.3 is 5.97 Å². The molecule has 0 aliphatic rings. The van der Waals surface area contributed by atoms with E-state index in [2.05, 4.69) is 10.3 Å². The molecule has 0 saturated heterocycles. The lowest BCUT2D eigenvalue weighted by molar-refractivity contribution is -0.114. The summed E-state index contributed by atoms with van der Waals surface area (Å²) in [5, 5.41) is 12.2. The minimum atomic E-state index is -1.84. The third-order valence-corrected chi connectivity index (χ3v) is 5.95. The second kappa shape index (κ2) is 6.93. The molecule has 0 fully saturated rings. The molecule has 25 heavy (non-hydrogen) atoms. The molecular weight excluding hydrogens is 363 g/mol. The molecular formula is C17H18ClFN2O3Si. The molecule has 0 saturated carbocycles. The molecule has 0 aliphatic heterocycles. The van der Waals surface area contributed by atoms with Gasteiger partial charge in [-0.05, 0) is 17.3 Å². The molecule has 0 unspecified atom stereocenters. The maximum Gasteiger partial charge on any atom is 0.356 e. The SMILES string of the molecule is CC(=O)Nc1cc(-c2ccc([Si](C)(C)C)c(F)c2)nc(C(=O)O)c1Cl. The van der Waals surface area contributed by atoms with Crippen LogP contribution in [0.2, 0.25) is 24.7 Å². The lowest BCUT2D eigenvalue weighted by Gasteiger charge is -2.18. The Morgan fingerprint density at radius 3 is 2.36 bits per heavy atom. The van der Waals surface area contributed by atoms with Crippen LogP contribution < -0.4 is 10.5 Å². The highest BCUT2D eigenvalue weighted by Crippen LogP contribution is 2.30. The van der Waals surface area contributed by atoms with Crippen molar-refractivity contribution in [1.82, 2.24) is 4.98 Å². The van der Waals surface area contributed by atoms with Crippen molar-refractivity contribution in [2.24, 2.45) is 0 Å². The van der Waals surface area contributed by atoms with Crippen LogP contribution in [0.25, 0.3) is 11.3 Å². The highest BCUT2D eigenvalue weighted by Gasteiger charge is 2.22. The Labute approximate surface area is 150 Å². The van der Waals surface area contributed by atoms with Gasteiger partial charge in [-0.2, -0.15) is 0 Å². The molecule has 0 aliphatic carbocycles. The molecule has 0 spiro atoms. The third-order valence-electron chi connectivity index (χ3n) is 3.54. The summed E-state index contributed by atoms with van der Waals surface area (Å²) in [5.41, 5.74) is 0.334. The van der Waals surface area contributed by atoms with Gasteiger partial charge in [0.1, 0.15) is 5.82 Å². The lowest BCUT2D eigenvalue weighted by atomic mass is 10.1. The average Bonchev–Trinajstić information content (AvgIpc) is 2.47. The van der Waals surface area contributed by atoms with Crippen LogP contribution in [0.1, 0.15) is 17.4 Å². The van der Waals surface area contributed by atoms with E-state index in [1.165, 1.54) is 19.1 Å². The van der Waals surface area contributed by atoms with Gasteiger partial charge in [0.05, 0.1) is 24.5 Å². The van der Waals surface area contributed by atoms with E-state index in [1.807, 2.05) is 19.6 Å². The topological polar surface area (TPSA) is 79.3 Å². The Hall–Kier alpha value is -2.25. The Morgan fingerprint density at radius 2 is 1.88 bits per heavy atom. The average molecular weight is 381 g/mol. The van der Waals surface area contributed by atoms with E-state index in [0.29, 0.717) is 10.8 Å². The van der Waals surface area contributed by atoms with E-state index in [0.717, 1.165) is 0 Å². The van der Waals surface area contributed by atoms with E-state index < -0.39 is 25.6 Å². The van der Waals surface area contributed by atoms with Crippen LogP contribution in [0.5, 0.6) is 0 Å². The number of nitrogens with one attached hydrogen (secondary N) is 1. The molecule has 1 amide bonds. The van der Waals surface area contributed by atoms with Crippen LogP contribution >= 0.6 is 11.6 Å². The van der Waals surface area contributed by atoms with Crippen molar-refractivity contribution in [3.8, 4) is 11.3 Å². The third kappa shape index (κ3) is 4.24. The van der Waals surface area contributed by atoms with E-state index in [1.54, 1.807) is 12.1 Å². The zero-order chi connectivity index (χ0) is 18.9. The first kappa shape index (κ1) is 19.1. The Balaban J connectivity index is 2.62. The summed E-state index contributed by atoms with van der Waals surface area (Å²) in [6.07, 6.45) is 0. The number of benzene rings is 1. The fourth-order valence-corrected chi connectivity index (χ4v) is 3.98. The number of aromatic carboxylic acids is 1. The fourth-order valence-electron chi connectivity index (χ4n) is 2.38. The van der Waals surface area contributed by atoms with Gasteiger partial charge in [-0.15, -0.1) is 0 Å². The smallest absolute Gasteiger partial charge is 0.356 e. The van der Waals surface area contributed by atoms with Crippen molar-refractivity contribution in [1.29, 1.82) is 0 Å². The van der Waals surface area contributed by atoms with Crippen LogP contribution in [-0.4, -0.2) is 30.0 Å². The van der Waals surface area contributed by atoms with Gasteiger partial charge in [-0.25, -0.2) is 14.2 Å². The standard InChI is InChI=1S/C17H18ClFN2O3Si/c1-9(22)20-13-8-12(21-16(15(13)18)17(23)24)10-5-6-14(11(19)7-10)25(2,3)4/h5-8H,1-4H3,(H,23,24)(H,20,21,22). The van der Waals surface area contributed by atoms with E-state index in [-0.39, 0.29) is 22.2 Å². The van der Waals surface area contributed by atoms with Crippen LogP contribution in [0.15, 0.2) is 24.3 Å². The largest absolute Gasteiger partial charge is 0.476 e. The van der Waals surface area contributed by atoms with Gasteiger partial charge < -0.3 is 10.4 Å². The summed E-state index contributed by atoms with van der Waals surface area (Å²) in [4.78, 5) is 26.7. The molecule has 0 radical (unpaired) electrons. The number of hydrogen-bond acceptors (Lipinski definition) is 3. The molecule has 1 heterocycles. The Bertz CT molecular complexity index is 866. The summed E-state index contributed by atoms with van der Waals surface area (Å²) >= 11 is 6.00. The number of amides is 1. The van der Waals surface area contributed by atoms with Gasteiger partial charge in [0.2, 0.25) is 5.91 Å².